The number of hydrogen-bond donors (Lipinski definition) is 1. The van der Waals surface area contributed by atoms with Crippen LogP contribution in [0.5, 0.6) is 0 Å². The maximum Gasteiger partial charge on any atom is 0.273 e. The minimum atomic E-state index is -0.416. The van der Waals surface area contributed by atoms with Crippen LogP contribution in [0.4, 0.5) is 0 Å². The summed E-state index contributed by atoms with van der Waals surface area (Å²) in [6, 6.07) is 6.49. The lowest BCUT2D eigenvalue weighted by Crippen LogP contribution is -2.39. The van der Waals surface area contributed by atoms with E-state index in [-0.39, 0.29) is 24.4 Å². The van der Waals surface area contributed by atoms with Crippen LogP contribution in [-0.4, -0.2) is 57.5 Å². The molecule has 142 valence electrons. The number of aliphatic hydroxyl groups is 1. The molecule has 1 amide bonds. The molecule has 1 N–H and O–H groups in total. The molecule has 2 heterocycles. The van der Waals surface area contributed by atoms with Gasteiger partial charge in [-0.15, -0.1) is 0 Å². The van der Waals surface area contributed by atoms with Gasteiger partial charge >= 0.3 is 0 Å². The first-order valence-electron chi connectivity index (χ1n) is 8.62. The predicted octanol–water partition coefficient (Wildman–Crippen LogP) is 1.06. The third-order valence-electron chi connectivity index (χ3n) is 4.82. The van der Waals surface area contributed by atoms with E-state index in [2.05, 4.69) is 10.1 Å². The third-order valence-corrected chi connectivity index (χ3v) is 4.82. The highest BCUT2D eigenvalue weighted by atomic mass is 16.6. The van der Waals surface area contributed by atoms with Gasteiger partial charge in [-0.2, -0.15) is 0 Å². The van der Waals surface area contributed by atoms with Crippen molar-refractivity contribution in [1.82, 2.24) is 14.5 Å². The number of aryl methyl sites for hydroxylation is 1. The molecule has 1 aliphatic heterocycles. The van der Waals surface area contributed by atoms with Gasteiger partial charge in [-0.05, 0) is 31.0 Å². The van der Waals surface area contributed by atoms with Crippen LogP contribution in [0.3, 0.4) is 0 Å². The van der Waals surface area contributed by atoms with E-state index >= 15 is 0 Å². The predicted molar refractivity (Wildman–Crippen MR) is 100 cm³/mol. The molecule has 1 aromatic carbocycles. The van der Waals surface area contributed by atoms with Crippen molar-refractivity contribution in [3.63, 3.8) is 0 Å². The monoisotopic (exact) mass is 370 g/mol. The quantitative estimate of drug-likeness (QED) is 0.812. The van der Waals surface area contributed by atoms with E-state index in [0.717, 1.165) is 16.8 Å². The number of carbonyl (C=O) groups is 1. The molecule has 8 nitrogen and oxygen atoms in total. The molecule has 0 bridgehead atoms. The molecule has 1 aromatic heterocycles. The van der Waals surface area contributed by atoms with Crippen molar-refractivity contribution in [2.45, 2.75) is 26.3 Å². The molecule has 1 saturated heterocycles. The van der Waals surface area contributed by atoms with Gasteiger partial charge in [-0.3, -0.25) is 14.2 Å². The van der Waals surface area contributed by atoms with Gasteiger partial charge in [0.2, 0.25) is 0 Å². The van der Waals surface area contributed by atoms with Gasteiger partial charge < -0.3 is 14.8 Å². The first-order valence-corrected chi connectivity index (χ1v) is 8.62. The fourth-order valence-electron chi connectivity index (χ4n) is 3.21. The Morgan fingerprint density at radius 3 is 2.85 bits per heavy atom. The SMILES string of the molecule is CO/N=C1/CC(CO)N(C(=O)c2cc(=O)n(-c3cccc(C)c3C)cn2)C1. The van der Waals surface area contributed by atoms with Gasteiger partial charge in [0.1, 0.15) is 19.1 Å². The lowest BCUT2D eigenvalue weighted by molar-refractivity contribution is 0.0674. The van der Waals surface area contributed by atoms with E-state index in [4.69, 9.17) is 4.84 Å². The highest BCUT2D eigenvalue weighted by Gasteiger charge is 2.34. The zero-order chi connectivity index (χ0) is 19.6. The molecule has 1 fully saturated rings. The zero-order valence-electron chi connectivity index (χ0n) is 15.5. The molecular formula is C19H22N4O4. The summed E-state index contributed by atoms with van der Waals surface area (Å²) >= 11 is 0. The second-order valence-corrected chi connectivity index (χ2v) is 6.52. The summed E-state index contributed by atoms with van der Waals surface area (Å²) in [5.74, 6) is -0.416. The van der Waals surface area contributed by atoms with Crippen molar-refractivity contribution in [2.75, 3.05) is 20.3 Å². The van der Waals surface area contributed by atoms with Gasteiger partial charge in [-0.25, -0.2) is 4.98 Å². The number of amides is 1. The van der Waals surface area contributed by atoms with Crippen LogP contribution in [0.15, 0.2) is 40.5 Å². The summed E-state index contributed by atoms with van der Waals surface area (Å²) in [6.45, 7) is 3.94. The van der Waals surface area contributed by atoms with Crippen molar-refractivity contribution in [3.8, 4) is 5.69 Å². The highest BCUT2D eigenvalue weighted by molar-refractivity contribution is 5.99. The molecule has 1 atom stereocenters. The van der Waals surface area contributed by atoms with Crippen LogP contribution in [-0.2, 0) is 4.84 Å². The molecule has 1 aliphatic rings. The van der Waals surface area contributed by atoms with E-state index in [0.29, 0.717) is 12.1 Å². The maximum atomic E-state index is 12.8. The summed E-state index contributed by atoms with van der Waals surface area (Å²) in [5.41, 5.74) is 3.13. The average molecular weight is 370 g/mol. The number of hydrogen-bond acceptors (Lipinski definition) is 6. The summed E-state index contributed by atoms with van der Waals surface area (Å²) in [6.07, 6.45) is 1.79. The summed E-state index contributed by atoms with van der Waals surface area (Å²) in [7, 11) is 1.43. The fraction of sp³-hybridized carbons (Fsp3) is 0.368. The summed E-state index contributed by atoms with van der Waals surface area (Å²) in [5, 5.41) is 13.4. The average Bonchev–Trinajstić information content (AvgIpc) is 3.07. The molecule has 0 radical (unpaired) electrons. The first kappa shape index (κ1) is 18.8. The number of nitrogens with zero attached hydrogens (tertiary/aromatic N) is 4. The Bertz CT molecular complexity index is 951. The Morgan fingerprint density at radius 1 is 1.41 bits per heavy atom. The van der Waals surface area contributed by atoms with E-state index in [1.54, 1.807) is 0 Å². The number of carbonyl (C=O) groups excluding carboxylic acids is 1. The standard InChI is InChI=1S/C19H22N4O4/c1-12-5-4-6-17(13(12)2)23-11-20-16(8-18(23)25)19(26)22-9-14(21-27-3)7-15(22)10-24/h4-6,8,11,15,24H,7,9-10H2,1-3H3/b21-14-. The number of rotatable bonds is 4. The van der Waals surface area contributed by atoms with E-state index in [1.165, 1.54) is 29.0 Å². The van der Waals surface area contributed by atoms with Crippen molar-refractivity contribution < 1.29 is 14.7 Å². The number of oxime groups is 1. The minimum Gasteiger partial charge on any atom is -0.399 e. The lowest BCUT2D eigenvalue weighted by atomic mass is 10.1. The number of aliphatic hydroxyl groups excluding tert-OH is 1. The topological polar surface area (TPSA) is 97.0 Å². The van der Waals surface area contributed by atoms with Crippen molar-refractivity contribution in [3.05, 3.63) is 57.8 Å². The second-order valence-electron chi connectivity index (χ2n) is 6.52. The Morgan fingerprint density at radius 2 is 2.19 bits per heavy atom. The molecule has 1 unspecified atom stereocenters. The van der Waals surface area contributed by atoms with E-state index < -0.39 is 11.9 Å². The fourth-order valence-corrected chi connectivity index (χ4v) is 3.21. The molecule has 0 saturated carbocycles. The third kappa shape index (κ3) is 3.61. The van der Waals surface area contributed by atoms with Crippen LogP contribution >= 0.6 is 0 Å². The molecule has 0 spiro atoms. The molecule has 3 rings (SSSR count). The summed E-state index contributed by atoms with van der Waals surface area (Å²) in [4.78, 5) is 35.8. The van der Waals surface area contributed by atoms with Crippen LogP contribution < -0.4 is 5.56 Å². The van der Waals surface area contributed by atoms with E-state index in [1.807, 2.05) is 32.0 Å². The second kappa shape index (κ2) is 7.71. The number of aromatic nitrogens is 2. The summed E-state index contributed by atoms with van der Waals surface area (Å²) < 4.78 is 1.42. The van der Waals surface area contributed by atoms with Gasteiger partial charge in [-0.1, -0.05) is 17.3 Å². The number of benzene rings is 1. The highest BCUT2D eigenvalue weighted by Crippen LogP contribution is 2.19. The van der Waals surface area contributed by atoms with Gasteiger partial charge in [0, 0.05) is 12.5 Å². The Labute approximate surface area is 156 Å². The maximum absolute atomic E-state index is 12.8. The smallest absolute Gasteiger partial charge is 0.273 e. The van der Waals surface area contributed by atoms with Gasteiger partial charge in [0.25, 0.3) is 11.5 Å². The van der Waals surface area contributed by atoms with Gasteiger partial charge in [0.15, 0.2) is 0 Å². The molecule has 2 aromatic rings. The van der Waals surface area contributed by atoms with Crippen molar-refractivity contribution in [2.24, 2.45) is 5.16 Å². The van der Waals surface area contributed by atoms with Gasteiger partial charge in [0.05, 0.1) is 30.6 Å². The lowest BCUT2D eigenvalue weighted by Gasteiger charge is -2.21. The number of likely N-dealkylation sites (tertiary alicyclic amines) is 1. The Kier molecular flexibility index (Phi) is 5.36. The normalized spacial score (nSPS) is 18.1. The molecule has 27 heavy (non-hydrogen) atoms. The van der Waals surface area contributed by atoms with Crippen LogP contribution in [0, 0.1) is 13.8 Å². The molecule has 0 aliphatic carbocycles. The Hall–Kier alpha value is -3.00. The largest absolute Gasteiger partial charge is 0.399 e. The van der Waals surface area contributed by atoms with Crippen LogP contribution in [0.2, 0.25) is 0 Å². The van der Waals surface area contributed by atoms with E-state index in [9.17, 15) is 14.7 Å². The van der Waals surface area contributed by atoms with Crippen LogP contribution in [0.1, 0.15) is 28.0 Å². The molecule has 8 heteroatoms. The minimum absolute atomic E-state index is 0.0404. The van der Waals surface area contributed by atoms with Crippen molar-refractivity contribution >= 4 is 11.6 Å². The first-order chi connectivity index (χ1) is 13.0. The molecular weight excluding hydrogens is 348 g/mol. The zero-order valence-corrected chi connectivity index (χ0v) is 15.5. The van der Waals surface area contributed by atoms with Crippen molar-refractivity contribution in [1.29, 1.82) is 0 Å². The van der Waals surface area contributed by atoms with Crippen LogP contribution in [0.25, 0.3) is 5.69 Å². The Balaban J connectivity index is 1.91.